The lowest BCUT2D eigenvalue weighted by Gasteiger charge is -2.33. The summed E-state index contributed by atoms with van der Waals surface area (Å²) < 4.78 is 5.48. The average Bonchev–Trinajstić information content (AvgIpc) is 3.03. The van der Waals surface area contributed by atoms with Crippen LogP contribution in [0.5, 0.6) is 0 Å². The van der Waals surface area contributed by atoms with Gasteiger partial charge in [-0.15, -0.1) is 0 Å². The molecule has 1 saturated heterocycles. The first-order chi connectivity index (χ1) is 12.9. The van der Waals surface area contributed by atoms with Gasteiger partial charge in [0.05, 0.1) is 6.54 Å². The number of amides is 1. The van der Waals surface area contributed by atoms with E-state index in [0.29, 0.717) is 11.5 Å². The number of aromatic carboxylic acids is 1. The topological polar surface area (TPSA) is 74.0 Å². The van der Waals surface area contributed by atoms with Gasteiger partial charge in [0.2, 0.25) is 5.91 Å². The number of piperidine rings is 1. The summed E-state index contributed by atoms with van der Waals surface area (Å²) in [6, 6.07) is 11.9. The molecule has 0 spiro atoms. The first-order valence-corrected chi connectivity index (χ1v) is 9.28. The molecule has 3 rings (SSSR count). The van der Waals surface area contributed by atoms with Gasteiger partial charge in [-0.2, -0.15) is 0 Å². The van der Waals surface area contributed by atoms with E-state index in [2.05, 4.69) is 17.0 Å². The highest BCUT2D eigenvalue weighted by atomic mass is 16.4. The van der Waals surface area contributed by atoms with Crippen molar-refractivity contribution in [3.8, 4) is 0 Å². The number of nitrogens with zero attached hydrogens (tertiary/aromatic N) is 2. The zero-order chi connectivity index (χ0) is 19.4. The summed E-state index contributed by atoms with van der Waals surface area (Å²) >= 11 is 0. The smallest absolute Gasteiger partial charge is 0.339 e. The van der Waals surface area contributed by atoms with Crippen LogP contribution in [0, 0.1) is 12.8 Å². The minimum absolute atomic E-state index is 0.0111. The van der Waals surface area contributed by atoms with Gasteiger partial charge in [0.25, 0.3) is 0 Å². The highest BCUT2D eigenvalue weighted by Crippen LogP contribution is 2.22. The van der Waals surface area contributed by atoms with Crippen LogP contribution < -0.4 is 0 Å². The number of likely N-dealkylation sites (tertiary alicyclic amines) is 1. The van der Waals surface area contributed by atoms with Crippen LogP contribution in [-0.2, 0) is 17.9 Å². The summed E-state index contributed by atoms with van der Waals surface area (Å²) in [6.45, 7) is 4.64. The predicted molar refractivity (Wildman–Crippen MR) is 101 cm³/mol. The number of carbonyl (C=O) groups excluding carboxylic acids is 1. The van der Waals surface area contributed by atoms with Gasteiger partial charge in [-0.05, 0) is 44.5 Å². The number of carboxylic acid groups (broad SMARTS) is 1. The molecule has 1 aliphatic heterocycles. The van der Waals surface area contributed by atoms with Crippen molar-refractivity contribution in [1.29, 1.82) is 0 Å². The van der Waals surface area contributed by atoms with Crippen molar-refractivity contribution < 1.29 is 19.1 Å². The van der Waals surface area contributed by atoms with E-state index in [1.54, 1.807) is 18.9 Å². The van der Waals surface area contributed by atoms with E-state index in [1.807, 2.05) is 18.2 Å². The molecule has 27 heavy (non-hydrogen) atoms. The molecular weight excluding hydrogens is 344 g/mol. The molecular formula is C21H26N2O4. The number of rotatable bonds is 6. The molecule has 1 aliphatic rings. The quantitative estimate of drug-likeness (QED) is 0.845. The van der Waals surface area contributed by atoms with Crippen molar-refractivity contribution in [1.82, 2.24) is 9.80 Å². The van der Waals surface area contributed by atoms with Gasteiger partial charge in [0.15, 0.2) is 0 Å². The normalized spacial score (nSPS) is 15.6. The second kappa shape index (κ2) is 8.39. The maximum Gasteiger partial charge on any atom is 0.339 e. The Kier molecular flexibility index (Phi) is 5.96. The Labute approximate surface area is 159 Å². The standard InChI is InChI=1S/C21H26N2O4/c1-15-19(21(25)26)12-18(27-15)14-22(2)20(24)17-8-10-23(11-9-17)13-16-6-4-3-5-7-16/h3-7,12,17H,8-11,13-14H2,1-2H3,(H,25,26). The zero-order valence-corrected chi connectivity index (χ0v) is 15.9. The zero-order valence-electron chi connectivity index (χ0n) is 15.9. The van der Waals surface area contributed by atoms with E-state index in [4.69, 9.17) is 9.52 Å². The molecule has 1 amide bonds. The van der Waals surface area contributed by atoms with E-state index in [9.17, 15) is 9.59 Å². The van der Waals surface area contributed by atoms with Crippen LogP contribution in [0.15, 0.2) is 40.8 Å². The number of carboxylic acids is 1. The van der Waals surface area contributed by atoms with Gasteiger partial charge >= 0.3 is 5.97 Å². The van der Waals surface area contributed by atoms with Crippen LogP contribution in [0.4, 0.5) is 0 Å². The molecule has 0 atom stereocenters. The average molecular weight is 370 g/mol. The maximum absolute atomic E-state index is 12.7. The van der Waals surface area contributed by atoms with Crippen molar-refractivity contribution in [2.24, 2.45) is 5.92 Å². The van der Waals surface area contributed by atoms with E-state index in [0.717, 1.165) is 32.5 Å². The monoisotopic (exact) mass is 370 g/mol. The Morgan fingerprint density at radius 1 is 1.22 bits per heavy atom. The van der Waals surface area contributed by atoms with Crippen LogP contribution in [0.3, 0.4) is 0 Å². The number of carbonyl (C=O) groups is 2. The SMILES string of the molecule is Cc1oc(CN(C)C(=O)C2CCN(Cc3ccccc3)CC2)cc1C(=O)O. The van der Waals surface area contributed by atoms with Crippen LogP contribution in [0.25, 0.3) is 0 Å². The Hall–Kier alpha value is -2.60. The summed E-state index contributed by atoms with van der Waals surface area (Å²) in [5.41, 5.74) is 1.45. The molecule has 2 heterocycles. The number of hydrogen-bond acceptors (Lipinski definition) is 4. The van der Waals surface area contributed by atoms with E-state index >= 15 is 0 Å². The Morgan fingerprint density at radius 2 is 1.89 bits per heavy atom. The first kappa shape index (κ1) is 19.2. The summed E-state index contributed by atoms with van der Waals surface area (Å²) in [7, 11) is 1.75. The molecule has 1 aromatic heterocycles. The molecule has 6 nitrogen and oxygen atoms in total. The minimum Gasteiger partial charge on any atom is -0.478 e. The molecule has 0 bridgehead atoms. The fraction of sp³-hybridized carbons (Fsp3) is 0.429. The number of hydrogen-bond donors (Lipinski definition) is 1. The number of benzene rings is 1. The molecule has 0 saturated carbocycles. The Morgan fingerprint density at radius 3 is 2.48 bits per heavy atom. The van der Waals surface area contributed by atoms with Gasteiger partial charge in [-0.3, -0.25) is 9.69 Å². The van der Waals surface area contributed by atoms with E-state index < -0.39 is 5.97 Å². The highest BCUT2D eigenvalue weighted by molar-refractivity contribution is 5.88. The molecule has 6 heteroatoms. The van der Waals surface area contributed by atoms with Crippen LogP contribution in [0.1, 0.15) is 40.3 Å². The fourth-order valence-corrected chi connectivity index (χ4v) is 3.64. The predicted octanol–water partition coefficient (Wildman–Crippen LogP) is 3.16. The van der Waals surface area contributed by atoms with Crippen molar-refractivity contribution in [2.45, 2.75) is 32.9 Å². The molecule has 0 unspecified atom stereocenters. The highest BCUT2D eigenvalue weighted by Gasteiger charge is 2.28. The summed E-state index contributed by atoms with van der Waals surface area (Å²) in [5, 5.41) is 9.11. The third-order valence-corrected chi connectivity index (χ3v) is 5.15. The second-order valence-corrected chi connectivity index (χ2v) is 7.22. The molecule has 1 aromatic carbocycles. The molecule has 2 aromatic rings. The van der Waals surface area contributed by atoms with Gasteiger partial charge < -0.3 is 14.4 Å². The number of aryl methyl sites for hydroxylation is 1. The third kappa shape index (κ3) is 4.77. The van der Waals surface area contributed by atoms with Crippen molar-refractivity contribution in [3.05, 3.63) is 59.0 Å². The lowest BCUT2D eigenvalue weighted by molar-refractivity contribution is -0.136. The summed E-state index contributed by atoms with van der Waals surface area (Å²) in [6.07, 6.45) is 1.68. The minimum atomic E-state index is -1.01. The number of furan rings is 1. The first-order valence-electron chi connectivity index (χ1n) is 9.28. The van der Waals surface area contributed by atoms with Gasteiger partial charge in [-0.1, -0.05) is 30.3 Å². The van der Waals surface area contributed by atoms with Gasteiger partial charge in [0.1, 0.15) is 17.1 Å². The van der Waals surface area contributed by atoms with Gasteiger partial charge in [0, 0.05) is 19.5 Å². The van der Waals surface area contributed by atoms with E-state index in [-0.39, 0.29) is 23.9 Å². The Bertz CT molecular complexity index is 792. The lowest BCUT2D eigenvalue weighted by Crippen LogP contribution is -2.40. The molecule has 0 radical (unpaired) electrons. The van der Waals surface area contributed by atoms with Crippen LogP contribution in [-0.4, -0.2) is 46.9 Å². The van der Waals surface area contributed by atoms with Gasteiger partial charge in [-0.25, -0.2) is 4.79 Å². The third-order valence-electron chi connectivity index (χ3n) is 5.15. The molecule has 1 fully saturated rings. The van der Waals surface area contributed by atoms with Crippen molar-refractivity contribution in [2.75, 3.05) is 20.1 Å². The molecule has 1 N–H and O–H groups in total. The fourth-order valence-electron chi connectivity index (χ4n) is 3.64. The van der Waals surface area contributed by atoms with Crippen LogP contribution >= 0.6 is 0 Å². The molecule has 144 valence electrons. The van der Waals surface area contributed by atoms with Crippen molar-refractivity contribution >= 4 is 11.9 Å². The van der Waals surface area contributed by atoms with Crippen molar-refractivity contribution in [3.63, 3.8) is 0 Å². The maximum atomic E-state index is 12.7. The lowest BCUT2D eigenvalue weighted by atomic mass is 9.95. The van der Waals surface area contributed by atoms with E-state index in [1.165, 1.54) is 11.6 Å². The van der Waals surface area contributed by atoms with Crippen LogP contribution in [0.2, 0.25) is 0 Å². The molecule has 0 aliphatic carbocycles. The Balaban J connectivity index is 1.51. The second-order valence-electron chi connectivity index (χ2n) is 7.22. The summed E-state index contributed by atoms with van der Waals surface area (Å²) in [5.74, 6) is -0.0329. The largest absolute Gasteiger partial charge is 0.478 e. The summed E-state index contributed by atoms with van der Waals surface area (Å²) in [4.78, 5) is 27.9.